The Hall–Kier alpha value is -1.44. The Bertz CT molecular complexity index is 553. The highest BCUT2D eigenvalue weighted by molar-refractivity contribution is 7.89. The lowest BCUT2D eigenvalue weighted by atomic mass is 10.1. The van der Waals surface area contributed by atoms with Crippen LogP contribution in [0.2, 0.25) is 0 Å². The van der Waals surface area contributed by atoms with E-state index in [0.717, 1.165) is 9.87 Å². The van der Waals surface area contributed by atoms with Crippen molar-refractivity contribution in [1.82, 2.24) is 9.62 Å². The van der Waals surface area contributed by atoms with Crippen LogP contribution in [-0.2, 0) is 21.4 Å². The summed E-state index contributed by atoms with van der Waals surface area (Å²) >= 11 is 0. The molecule has 7 heteroatoms. The van der Waals surface area contributed by atoms with E-state index in [1.54, 1.807) is 19.1 Å². The Morgan fingerprint density at radius 3 is 2.30 bits per heavy atom. The Balaban J connectivity index is 2.71. The average molecular weight is 299 g/mol. The lowest BCUT2D eigenvalue weighted by Crippen LogP contribution is -2.32. The number of hydrogen-bond acceptors (Lipinski definition) is 4. The molecule has 0 aliphatic rings. The standard InChI is InChI=1S/C13H21N3O3S/c1-10(8-14)13(17)15-9-11-4-6-12(7-5-11)20(18,19)16(2)3/h4-7,10H,8-9,14H2,1-3H3,(H,15,17). The second-order valence-electron chi connectivity index (χ2n) is 4.79. The molecule has 0 heterocycles. The molecular formula is C13H21N3O3S. The molecule has 112 valence electrons. The van der Waals surface area contributed by atoms with Gasteiger partial charge in [0.2, 0.25) is 15.9 Å². The SMILES string of the molecule is CC(CN)C(=O)NCc1ccc(S(=O)(=O)N(C)C)cc1. The van der Waals surface area contributed by atoms with Crippen molar-refractivity contribution in [2.75, 3.05) is 20.6 Å². The molecule has 1 amide bonds. The van der Waals surface area contributed by atoms with Crippen molar-refractivity contribution < 1.29 is 13.2 Å². The van der Waals surface area contributed by atoms with Gasteiger partial charge in [0.05, 0.1) is 4.90 Å². The van der Waals surface area contributed by atoms with E-state index >= 15 is 0 Å². The van der Waals surface area contributed by atoms with Crippen LogP contribution in [0.1, 0.15) is 12.5 Å². The van der Waals surface area contributed by atoms with Crippen molar-refractivity contribution in [3.05, 3.63) is 29.8 Å². The number of nitrogens with two attached hydrogens (primary N) is 1. The van der Waals surface area contributed by atoms with Crippen LogP contribution in [0.3, 0.4) is 0 Å². The average Bonchev–Trinajstić information content (AvgIpc) is 2.44. The number of nitrogens with one attached hydrogen (secondary N) is 1. The minimum atomic E-state index is -3.41. The van der Waals surface area contributed by atoms with Gasteiger partial charge in [-0.05, 0) is 17.7 Å². The van der Waals surface area contributed by atoms with Gasteiger partial charge in [0.15, 0.2) is 0 Å². The van der Waals surface area contributed by atoms with Gasteiger partial charge < -0.3 is 11.1 Å². The zero-order valence-corrected chi connectivity index (χ0v) is 12.8. The molecule has 0 aromatic heterocycles. The van der Waals surface area contributed by atoms with Crippen LogP contribution in [0.15, 0.2) is 29.2 Å². The summed E-state index contributed by atoms with van der Waals surface area (Å²) in [7, 11) is -0.445. The van der Waals surface area contributed by atoms with E-state index in [1.165, 1.54) is 26.2 Å². The summed E-state index contributed by atoms with van der Waals surface area (Å²) in [6, 6.07) is 6.43. The normalized spacial score (nSPS) is 13.2. The number of nitrogens with zero attached hydrogens (tertiary/aromatic N) is 1. The van der Waals surface area contributed by atoms with Gasteiger partial charge in [-0.1, -0.05) is 19.1 Å². The highest BCUT2D eigenvalue weighted by Crippen LogP contribution is 2.13. The number of rotatable bonds is 6. The van der Waals surface area contributed by atoms with E-state index in [0.29, 0.717) is 13.1 Å². The fourth-order valence-electron chi connectivity index (χ4n) is 1.46. The molecule has 1 aromatic rings. The number of hydrogen-bond donors (Lipinski definition) is 2. The Morgan fingerprint density at radius 1 is 1.30 bits per heavy atom. The Morgan fingerprint density at radius 2 is 1.85 bits per heavy atom. The molecule has 0 aliphatic carbocycles. The molecule has 3 N–H and O–H groups in total. The number of carbonyl (C=O) groups excluding carboxylic acids is 1. The van der Waals surface area contributed by atoms with Gasteiger partial charge in [0.25, 0.3) is 0 Å². The number of amides is 1. The molecule has 0 spiro atoms. The van der Waals surface area contributed by atoms with Crippen LogP contribution in [0, 0.1) is 5.92 Å². The van der Waals surface area contributed by atoms with Crippen LogP contribution in [-0.4, -0.2) is 39.3 Å². The van der Waals surface area contributed by atoms with Crippen LogP contribution in [0.5, 0.6) is 0 Å². The van der Waals surface area contributed by atoms with Gasteiger partial charge >= 0.3 is 0 Å². The maximum absolute atomic E-state index is 11.9. The topological polar surface area (TPSA) is 92.5 Å². The molecule has 1 rings (SSSR count). The van der Waals surface area contributed by atoms with Gasteiger partial charge in [-0.2, -0.15) is 0 Å². The van der Waals surface area contributed by atoms with Crippen molar-refractivity contribution >= 4 is 15.9 Å². The number of carbonyl (C=O) groups is 1. The predicted octanol–water partition coefficient (Wildman–Crippen LogP) is 0.148. The third kappa shape index (κ3) is 4.03. The second-order valence-corrected chi connectivity index (χ2v) is 6.94. The first-order chi connectivity index (χ1) is 9.28. The Labute approximate surface area is 120 Å². The van der Waals surface area contributed by atoms with Crippen LogP contribution < -0.4 is 11.1 Å². The summed E-state index contributed by atoms with van der Waals surface area (Å²) in [5.74, 6) is -0.346. The zero-order valence-electron chi connectivity index (χ0n) is 12.0. The number of sulfonamides is 1. The van der Waals surface area contributed by atoms with E-state index in [4.69, 9.17) is 5.73 Å². The molecule has 1 aromatic carbocycles. The molecule has 0 aliphatic heterocycles. The van der Waals surface area contributed by atoms with Crippen molar-refractivity contribution in [3.63, 3.8) is 0 Å². The third-order valence-corrected chi connectivity index (χ3v) is 4.80. The smallest absolute Gasteiger partial charge is 0.242 e. The van der Waals surface area contributed by atoms with Crippen LogP contribution in [0.25, 0.3) is 0 Å². The van der Waals surface area contributed by atoms with Gasteiger partial charge in [0, 0.05) is 33.1 Å². The third-order valence-electron chi connectivity index (χ3n) is 2.97. The minimum Gasteiger partial charge on any atom is -0.352 e. The molecule has 20 heavy (non-hydrogen) atoms. The summed E-state index contributed by atoms with van der Waals surface area (Å²) in [4.78, 5) is 11.8. The number of benzene rings is 1. The summed E-state index contributed by atoms with van der Waals surface area (Å²) in [6.07, 6.45) is 0. The van der Waals surface area contributed by atoms with Gasteiger partial charge in [-0.25, -0.2) is 12.7 Å². The summed E-state index contributed by atoms with van der Waals surface area (Å²) in [5, 5.41) is 2.75. The largest absolute Gasteiger partial charge is 0.352 e. The van der Waals surface area contributed by atoms with Gasteiger partial charge in [0.1, 0.15) is 0 Å². The Kier molecular flexibility index (Phi) is 5.67. The molecular weight excluding hydrogens is 278 g/mol. The summed E-state index contributed by atoms with van der Waals surface area (Å²) in [6.45, 7) is 2.40. The molecule has 0 bridgehead atoms. The molecule has 6 nitrogen and oxygen atoms in total. The van der Waals surface area contributed by atoms with Crippen molar-refractivity contribution in [1.29, 1.82) is 0 Å². The first-order valence-corrected chi connectivity index (χ1v) is 7.72. The monoisotopic (exact) mass is 299 g/mol. The maximum atomic E-state index is 11.9. The maximum Gasteiger partial charge on any atom is 0.242 e. The van der Waals surface area contributed by atoms with E-state index in [9.17, 15) is 13.2 Å². The molecule has 1 atom stereocenters. The van der Waals surface area contributed by atoms with Crippen molar-refractivity contribution in [2.45, 2.75) is 18.4 Å². The molecule has 1 unspecified atom stereocenters. The van der Waals surface area contributed by atoms with E-state index in [2.05, 4.69) is 5.32 Å². The van der Waals surface area contributed by atoms with Gasteiger partial charge in [-0.15, -0.1) is 0 Å². The van der Waals surface area contributed by atoms with Crippen LogP contribution in [0.4, 0.5) is 0 Å². The lowest BCUT2D eigenvalue weighted by Gasteiger charge is -2.12. The van der Waals surface area contributed by atoms with Crippen LogP contribution >= 0.6 is 0 Å². The zero-order chi connectivity index (χ0) is 15.3. The lowest BCUT2D eigenvalue weighted by molar-refractivity contribution is -0.124. The second kappa shape index (κ2) is 6.83. The van der Waals surface area contributed by atoms with E-state index < -0.39 is 10.0 Å². The highest BCUT2D eigenvalue weighted by Gasteiger charge is 2.16. The molecule has 0 fully saturated rings. The quantitative estimate of drug-likeness (QED) is 0.782. The first-order valence-electron chi connectivity index (χ1n) is 6.28. The summed E-state index contributed by atoms with van der Waals surface area (Å²) < 4.78 is 24.9. The van der Waals surface area contributed by atoms with E-state index in [1.807, 2.05) is 0 Å². The highest BCUT2D eigenvalue weighted by atomic mass is 32.2. The van der Waals surface area contributed by atoms with Gasteiger partial charge in [-0.3, -0.25) is 4.79 Å². The summed E-state index contributed by atoms with van der Waals surface area (Å²) in [5.41, 5.74) is 6.24. The fourth-order valence-corrected chi connectivity index (χ4v) is 2.36. The van der Waals surface area contributed by atoms with E-state index in [-0.39, 0.29) is 16.7 Å². The van der Waals surface area contributed by atoms with Crippen molar-refractivity contribution in [2.24, 2.45) is 11.7 Å². The molecule has 0 saturated carbocycles. The van der Waals surface area contributed by atoms with Crippen molar-refractivity contribution in [3.8, 4) is 0 Å². The molecule has 0 saturated heterocycles. The minimum absolute atomic E-state index is 0.113. The fraction of sp³-hybridized carbons (Fsp3) is 0.462. The molecule has 0 radical (unpaired) electrons. The first kappa shape index (κ1) is 16.6. The predicted molar refractivity (Wildman–Crippen MR) is 77.4 cm³/mol.